The van der Waals surface area contributed by atoms with Gasteiger partial charge < -0.3 is 19.9 Å². The molecule has 1 aliphatic heterocycles. The summed E-state index contributed by atoms with van der Waals surface area (Å²) in [6, 6.07) is 7.96. The summed E-state index contributed by atoms with van der Waals surface area (Å²) in [5, 5.41) is 11.2. The van der Waals surface area contributed by atoms with E-state index in [1.807, 2.05) is 24.3 Å². The number of hydrogen-bond acceptors (Lipinski definition) is 2. The smallest absolute Gasteiger partial charge is 0.261 e. The first-order chi connectivity index (χ1) is 10.6. The summed E-state index contributed by atoms with van der Waals surface area (Å²) in [6.45, 7) is 2.93. The number of benzene rings is 1. The van der Waals surface area contributed by atoms with Crippen LogP contribution in [-0.4, -0.2) is 43.3 Å². The lowest BCUT2D eigenvalue weighted by Crippen LogP contribution is -3.17. The van der Waals surface area contributed by atoms with E-state index in [0.717, 1.165) is 5.39 Å². The molecule has 1 unspecified atom stereocenters. The van der Waals surface area contributed by atoms with E-state index in [1.54, 1.807) is 4.90 Å². The van der Waals surface area contributed by atoms with Crippen LogP contribution in [-0.2, 0) is 6.54 Å². The van der Waals surface area contributed by atoms with Crippen LogP contribution in [0.4, 0.5) is 0 Å². The molecule has 5 nitrogen and oxygen atoms in total. The van der Waals surface area contributed by atoms with Crippen LogP contribution in [0.1, 0.15) is 18.4 Å². The van der Waals surface area contributed by atoms with E-state index in [1.165, 1.54) is 30.8 Å². The van der Waals surface area contributed by atoms with Gasteiger partial charge in [0.2, 0.25) is 0 Å². The number of rotatable bonds is 3. The van der Waals surface area contributed by atoms with E-state index < -0.39 is 0 Å². The van der Waals surface area contributed by atoms with Crippen LogP contribution in [0.5, 0.6) is 5.75 Å². The summed E-state index contributed by atoms with van der Waals surface area (Å²) >= 11 is 0. The summed E-state index contributed by atoms with van der Waals surface area (Å²) in [5.41, 5.74) is 1.02. The van der Waals surface area contributed by atoms with Crippen molar-refractivity contribution in [3.05, 3.63) is 40.2 Å². The Balaban J connectivity index is 1.86. The van der Waals surface area contributed by atoms with Gasteiger partial charge >= 0.3 is 0 Å². The van der Waals surface area contributed by atoms with Crippen molar-refractivity contribution in [3.8, 4) is 5.75 Å². The molecule has 0 saturated carbocycles. The molecule has 0 spiro atoms. The summed E-state index contributed by atoms with van der Waals surface area (Å²) in [7, 11) is 4.35. The van der Waals surface area contributed by atoms with Crippen molar-refractivity contribution in [3.63, 3.8) is 0 Å². The van der Waals surface area contributed by atoms with Crippen molar-refractivity contribution in [1.82, 2.24) is 4.98 Å². The minimum absolute atomic E-state index is 0.136. The molecule has 1 aliphatic rings. The van der Waals surface area contributed by atoms with E-state index in [-0.39, 0.29) is 11.3 Å². The molecular formula is C17H25N3O2+2. The summed E-state index contributed by atoms with van der Waals surface area (Å²) in [6.07, 6.45) is 2.34. The van der Waals surface area contributed by atoms with Gasteiger partial charge in [0.25, 0.3) is 5.56 Å². The highest BCUT2D eigenvalue weighted by Gasteiger charge is 2.27. The minimum Gasteiger partial charge on any atom is -0.507 e. The molecule has 1 aromatic heterocycles. The first kappa shape index (κ1) is 15.1. The van der Waals surface area contributed by atoms with Crippen LogP contribution < -0.4 is 15.4 Å². The van der Waals surface area contributed by atoms with E-state index in [4.69, 9.17) is 0 Å². The molecule has 118 valence electrons. The number of aromatic nitrogens is 1. The maximum atomic E-state index is 12.3. The Labute approximate surface area is 130 Å². The SMILES string of the molecule is C[NH+]1CCC([NH+](C)Cc2c(O)c3ccccc3[nH]c2=O)CC1. The Morgan fingerprint density at radius 3 is 2.73 bits per heavy atom. The molecule has 1 fully saturated rings. The van der Waals surface area contributed by atoms with Gasteiger partial charge in [0.1, 0.15) is 17.9 Å². The van der Waals surface area contributed by atoms with Gasteiger partial charge in [0.05, 0.1) is 38.7 Å². The van der Waals surface area contributed by atoms with Gasteiger partial charge in [-0.25, -0.2) is 0 Å². The third kappa shape index (κ3) is 2.87. The van der Waals surface area contributed by atoms with Crippen molar-refractivity contribution in [1.29, 1.82) is 0 Å². The molecule has 22 heavy (non-hydrogen) atoms. The van der Waals surface area contributed by atoms with Gasteiger partial charge in [-0.1, -0.05) is 12.1 Å². The normalized spacial score (nSPS) is 23.5. The minimum atomic E-state index is -0.172. The second-order valence-electron chi connectivity index (χ2n) is 6.58. The molecule has 0 bridgehead atoms. The van der Waals surface area contributed by atoms with Gasteiger partial charge in [-0.3, -0.25) is 4.79 Å². The fraction of sp³-hybridized carbons (Fsp3) is 0.471. The highest BCUT2D eigenvalue weighted by molar-refractivity contribution is 5.85. The molecule has 1 atom stereocenters. The number of nitrogens with one attached hydrogen (secondary N) is 3. The van der Waals surface area contributed by atoms with E-state index in [9.17, 15) is 9.90 Å². The van der Waals surface area contributed by atoms with Gasteiger partial charge in [-0.15, -0.1) is 0 Å². The van der Waals surface area contributed by atoms with Crippen LogP contribution in [0.15, 0.2) is 29.1 Å². The summed E-state index contributed by atoms with van der Waals surface area (Å²) in [5.74, 6) is 0.136. The van der Waals surface area contributed by atoms with Crippen molar-refractivity contribution in [2.75, 3.05) is 27.2 Å². The first-order valence-corrected chi connectivity index (χ1v) is 8.02. The Bertz CT molecular complexity index is 717. The predicted octanol–water partition coefficient (Wildman–Crippen LogP) is -1.07. The Kier molecular flexibility index (Phi) is 4.18. The third-order valence-corrected chi connectivity index (χ3v) is 4.98. The standard InChI is InChI=1S/C17H23N3O2/c1-19-9-7-12(8-10-19)20(2)11-14-16(21)13-5-3-4-6-15(13)18-17(14)22/h3-6,12H,7-11H2,1-2H3,(H2,18,21,22)/p+2. The average Bonchev–Trinajstić information content (AvgIpc) is 2.52. The monoisotopic (exact) mass is 303 g/mol. The molecule has 2 aromatic rings. The second kappa shape index (κ2) is 6.10. The number of aromatic hydroxyl groups is 1. The lowest BCUT2D eigenvalue weighted by atomic mass is 10.0. The van der Waals surface area contributed by atoms with Gasteiger partial charge in [0.15, 0.2) is 0 Å². The molecule has 2 heterocycles. The quantitative estimate of drug-likeness (QED) is 0.583. The number of aromatic amines is 1. The maximum absolute atomic E-state index is 12.3. The average molecular weight is 303 g/mol. The topological polar surface area (TPSA) is 62.0 Å². The maximum Gasteiger partial charge on any atom is 0.261 e. The molecule has 0 amide bonds. The number of piperidine rings is 1. The summed E-state index contributed by atoms with van der Waals surface area (Å²) < 4.78 is 0. The molecule has 1 aromatic carbocycles. The Morgan fingerprint density at radius 2 is 2.00 bits per heavy atom. The summed E-state index contributed by atoms with van der Waals surface area (Å²) in [4.78, 5) is 18.1. The molecule has 0 radical (unpaired) electrons. The molecule has 5 heteroatoms. The fourth-order valence-corrected chi connectivity index (χ4v) is 3.46. The van der Waals surface area contributed by atoms with Crippen LogP contribution in [0, 0.1) is 0 Å². The zero-order valence-electron chi connectivity index (χ0n) is 13.3. The highest BCUT2D eigenvalue weighted by atomic mass is 16.3. The zero-order valence-corrected chi connectivity index (χ0v) is 13.3. The van der Waals surface area contributed by atoms with Crippen LogP contribution in [0.3, 0.4) is 0 Å². The van der Waals surface area contributed by atoms with E-state index in [2.05, 4.69) is 19.1 Å². The largest absolute Gasteiger partial charge is 0.507 e. The number of pyridine rings is 1. The van der Waals surface area contributed by atoms with Crippen LogP contribution in [0.25, 0.3) is 10.9 Å². The molecule has 3 rings (SSSR count). The fourth-order valence-electron chi connectivity index (χ4n) is 3.46. The van der Waals surface area contributed by atoms with E-state index in [0.29, 0.717) is 23.7 Å². The van der Waals surface area contributed by atoms with Gasteiger partial charge in [-0.05, 0) is 12.1 Å². The van der Waals surface area contributed by atoms with E-state index >= 15 is 0 Å². The number of likely N-dealkylation sites (tertiary alicyclic amines) is 1. The molecule has 4 N–H and O–H groups in total. The van der Waals surface area contributed by atoms with Crippen LogP contribution >= 0.6 is 0 Å². The Morgan fingerprint density at radius 1 is 1.32 bits per heavy atom. The number of quaternary nitrogens is 2. The Hall–Kier alpha value is -1.85. The molecule has 0 aliphatic carbocycles. The lowest BCUT2D eigenvalue weighted by molar-refractivity contribution is -0.948. The zero-order chi connectivity index (χ0) is 15.7. The van der Waals surface area contributed by atoms with Crippen molar-refractivity contribution >= 4 is 10.9 Å². The number of hydrogen-bond donors (Lipinski definition) is 4. The van der Waals surface area contributed by atoms with Gasteiger partial charge in [-0.2, -0.15) is 0 Å². The predicted molar refractivity (Wildman–Crippen MR) is 86.5 cm³/mol. The molecule has 1 saturated heterocycles. The first-order valence-electron chi connectivity index (χ1n) is 8.02. The van der Waals surface area contributed by atoms with Gasteiger partial charge in [0, 0.05) is 18.2 Å². The van der Waals surface area contributed by atoms with Crippen molar-refractivity contribution < 1.29 is 14.9 Å². The number of H-pyrrole nitrogens is 1. The van der Waals surface area contributed by atoms with Crippen LogP contribution in [0.2, 0.25) is 0 Å². The third-order valence-electron chi connectivity index (χ3n) is 4.98. The number of para-hydroxylation sites is 1. The lowest BCUT2D eigenvalue weighted by Gasteiger charge is -2.30. The van der Waals surface area contributed by atoms with Crippen molar-refractivity contribution in [2.24, 2.45) is 0 Å². The molecular weight excluding hydrogens is 278 g/mol. The van der Waals surface area contributed by atoms with Crippen molar-refractivity contribution in [2.45, 2.75) is 25.4 Å². The number of fused-ring (bicyclic) bond motifs is 1. The second-order valence-corrected chi connectivity index (χ2v) is 6.58. The highest BCUT2D eigenvalue weighted by Crippen LogP contribution is 2.23.